The first-order valence-corrected chi connectivity index (χ1v) is 10.6. The highest BCUT2D eigenvalue weighted by Gasteiger charge is 2.36. The van der Waals surface area contributed by atoms with Crippen molar-refractivity contribution in [2.45, 2.75) is 6.42 Å². The van der Waals surface area contributed by atoms with E-state index >= 15 is 0 Å². The highest BCUT2D eigenvalue weighted by molar-refractivity contribution is 6.30. The molecule has 1 N–H and O–H groups in total. The Morgan fingerprint density at radius 1 is 1.12 bits per heavy atom. The third kappa shape index (κ3) is 3.90. The third-order valence-electron chi connectivity index (χ3n) is 5.57. The molecule has 1 atom stereocenters. The summed E-state index contributed by atoms with van der Waals surface area (Å²) in [6.07, 6.45) is 1.45. The van der Waals surface area contributed by atoms with Crippen LogP contribution in [0.4, 0.5) is 11.5 Å². The van der Waals surface area contributed by atoms with Gasteiger partial charge in [-0.25, -0.2) is 4.98 Å². The maximum Gasteiger partial charge on any atom is 0.231 e. The number of halogens is 1. The Balaban J connectivity index is 1.40. The molecule has 0 radical (unpaired) electrons. The van der Waals surface area contributed by atoms with Gasteiger partial charge in [0.2, 0.25) is 11.8 Å². The monoisotopic (exact) mass is 456 g/mol. The molecule has 8 nitrogen and oxygen atoms in total. The van der Waals surface area contributed by atoms with Crippen LogP contribution in [-0.2, 0) is 9.59 Å². The fraction of sp³-hybridized carbons (Fsp3) is 0.125. The molecule has 2 amide bonds. The summed E-state index contributed by atoms with van der Waals surface area (Å²) in [5.74, 6) is -0.396. The van der Waals surface area contributed by atoms with Crippen LogP contribution < -0.4 is 10.2 Å². The SMILES string of the molecule is N#Cc1cnn(-c2ccc3ccccc3n2)c1NC(=O)C1CC(=O)N(c2ccc(Cl)cc2)C1. The van der Waals surface area contributed by atoms with Crippen molar-refractivity contribution in [1.82, 2.24) is 14.8 Å². The van der Waals surface area contributed by atoms with E-state index in [0.29, 0.717) is 16.5 Å². The van der Waals surface area contributed by atoms with Gasteiger partial charge in [0.15, 0.2) is 11.6 Å². The summed E-state index contributed by atoms with van der Waals surface area (Å²) in [4.78, 5) is 31.8. The molecule has 1 saturated heterocycles. The minimum Gasteiger partial charge on any atom is -0.312 e. The quantitative estimate of drug-likeness (QED) is 0.501. The maximum atomic E-state index is 13.1. The number of aromatic nitrogens is 3. The molecule has 5 rings (SSSR count). The second-order valence-corrected chi connectivity index (χ2v) is 8.10. The van der Waals surface area contributed by atoms with Gasteiger partial charge >= 0.3 is 0 Å². The van der Waals surface area contributed by atoms with E-state index in [1.807, 2.05) is 30.3 Å². The van der Waals surface area contributed by atoms with Crippen molar-refractivity contribution < 1.29 is 9.59 Å². The molecule has 1 aliphatic rings. The Kier molecular flexibility index (Phi) is 5.24. The maximum absolute atomic E-state index is 13.1. The van der Waals surface area contributed by atoms with E-state index in [-0.39, 0.29) is 36.2 Å². The molecule has 0 spiro atoms. The van der Waals surface area contributed by atoms with Gasteiger partial charge in [-0.3, -0.25) is 9.59 Å². The van der Waals surface area contributed by atoms with E-state index < -0.39 is 5.92 Å². The Bertz CT molecular complexity index is 1420. The zero-order chi connectivity index (χ0) is 22.9. The largest absolute Gasteiger partial charge is 0.312 e. The van der Waals surface area contributed by atoms with Crippen molar-refractivity contribution in [1.29, 1.82) is 5.26 Å². The summed E-state index contributed by atoms with van der Waals surface area (Å²) < 4.78 is 1.43. The number of carbonyl (C=O) groups excluding carboxylic acids is 2. The molecule has 4 aromatic rings. The Morgan fingerprint density at radius 2 is 1.91 bits per heavy atom. The number of para-hydroxylation sites is 1. The van der Waals surface area contributed by atoms with E-state index in [9.17, 15) is 14.9 Å². The van der Waals surface area contributed by atoms with Crippen molar-refractivity contribution in [3.8, 4) is 11.9 Å². The van der Waals surface area contributed by atoms with Gasteiger partial charge < -0.3 is 10.2 Å². The fourth-order valence-corrected chi connectivity index (χ4v) is 4.00. The number of amides is 2. The molecule has 9 heteroatoms. The molecule has 1 unspecified atom stereocenters. The van der Waals surface area contributed by atoms with E-state index in [0.717, 1.165) is 10.9 Å². The number of hydrogen-bond donors (Lipinski definition) is 1. The molecule has 1 aliphatic heterocycles. The van der Waals surface area contributed by atoms with Crippen LogP contribution in [0.25, 0.3) is 16.7 Å². The van der Waals surface area contributed by atoms with Gasteiger partial charge in [-0.05, 0) is 42.5 Å². The van der Waals surface area contributed by atoms with Crippen LogP contribution in [0.15, 0.2) is 66.9 Å². The van der Waals surface area contributed by atoms with E-state index in [2.05, 4.69) is 21.5 Å². The number of pyridine rings is 1. The minimum atomic E-state index is -0.576. The summed E-state index contributed by atoms with van der Waals surface area (Å²) in [6.45, 7) is 0.233. The van der Waals surface area contributed by atoms with Crippen molar-refractivity contribution in [2.24, 2.45) is 5.92 Å². The number of carbonyl (C=O) groups is 2. The van der Waals surface area contributed by atoms with E-state index in [4.69, 9.17) is 11.6 Å². The number of nitrogens with one attached hydrogen (secondary N) is 1. The molecule has 1 fully saturated rings. The molecule has 162 valence electrons. The third-order valence-corrected chi connectivity index (χ3v) is 5.82. The normalized spacial score (nSPS) is 15.6. The van der Waals surface area contributed by atoms with Crippen LogP contribution >= 0.6 is 11.6 Å². The first-order valence-electron chi connectivity index (χ1n) is 10.2. The summed E-state index contributed by atoms with van der Waals surface area (Å²) in [7, 11) is 0. The second kappa shape index (κ2) is 8.37. The molecule has 0 bridgehead atoms. The number of fused-ring (bicyclic) bond motifs is 1. The Labute approximate surface area is 194 Å². The average molecular weight is 457 g/mol. The van der Waals surface area contributed by atoms with Crippen molar-refractivity contribution in [3.63, 3.8) is 0 Å². The Morgan fingerprint density at radius 3 is 2.70 bits per heavy atom. The summed E-state index contributed by atoms with van der Waals surface area (Å²) in [6, 6.07) is 20.2. The summed E-state index contributed by atoms with van der Waals surface area (Å²) in [5.41, 5.74) is 1.65. The number of rotatable bonds is 4. The molecule has 0 aliphatic carbocycles. The van der Waals surface area contributed by atoms with Crippen LogP contribution in [0, 0.1) is 17.2 Å². The van der Waals surface area contributed by atoms with Gasteiger partial charge in [0, 0.05) is 29.1 Å². The smallest absolute Gasteiger partial charge is 0.231 e. The van der Waals surface area contributed by atoms with Crippen LogP contribution in [0.2, 0.25) is 5.02 Å². The lowest BCUT2D eigenvalue weighted by atomic mass is 10.1. The fourth-order valence-electron chi connectivity index (χ4n) is 3.87. The number of anilines is 2. The topological polar surface area (TPSA) is 104 Å². The lowest BCUT2D eigenvalue weighted by Gasteiger charge is -2.17. The highest BCUT2D eigenvalue weighted by Crippen LogP contribution is 2.28. The lowest BCUT2D eigenvalue weighted by molar-refractivity contribution is -0.122. The van der Waals surface area contributed by atoms with Gasteiger partial charge in [0.25, 0.3) is 0 Å². The van der Waals surface area contributed by atoms with Crippen molar-refractivity contribution in [3.05, 3.63) is 77.4 Å². The van der Waals surface area contributed by atoms with Gasteiger partial charge in [0.05, 0.1) is 17.6 Å². The van der Waals surface area contributed by atoms with Crippen LogP contribution in [0.1, 0.15) is 12.0 Å². The molecular weight excluding hydrogens is 440 g/mol. The van der Waals surface area contributed by atoms with Gasteiger partial charge in [-0.1, -0.05) is 29.8 Å². The standard InChI is InChI=1S/C24H17ClN6O2/c25-18-6-8-19(9-7-18)30-14-16(11-22(30)32)24(33)29-23-17(12-26)13-27-31(23)21-10-5-15-3-1-2-4-20(15)28-21/h1-10,13,16H,11,14H2,(H,29,33). The number of nitrogens with zero attached hydrogens (tertiary/aromatic N) is 5. The van der Waals surface area contributed by atoms with Crippen LogP contribution in [-0.4, -0.2) is 33.1 Å². The molecule has 2 aromatic heterocycles. The van der Waals surface area contributed by atoms with E-state index in [1.54, 1.807) is 35.2 Å². The van der Waals surface area contributed by atoms with Gasteiger partial charge in [0.1, 0.15) is 11.6 Å². The minimum absolute atomic E-state index is 0.0682. The predicted octanol–water partition coefficient (Wildman–Crippen LogP) is 3.94. The van der Waals surface area contributed by atoms with Gasteiger partial charge in [-0.15, -0.1) is 0 Å². The van der Waals surface area contributed by atoms with Crippen molar-refractivity contribution >= 4 is 45.8 Å². The number of benzene rings is 2. The molecule has 2 aromatic carbocycles. The van der Waals surface area contributed by atoms with Crippen LogP contribution in [0.3, 0.4) is 0 Å². The average Bonchev–Trinajstić information content (AvgIpc) is 3.42. The Hall–Kier alpha value is -4.22. The number of nitriles is 1. The lowest BCUT2D eigenvalue weighted by Crippen LogP contribution is -2.28. The van der Waals surface area contributed by atoms with Crippen molar-refractivity contribution in [2.75, 3.05) is 16.8 Å². The highest BCUT2D eigenvalue weighted by atomic mass is 35.5. The predicted molar refractivity (Wildman–Crippen MR) is 124 cm³/mol. The molecular formula is C24H17ClN6O2. The number of hydrogen-bond acceptors (Lipinski definition) is 5. The zero-order valence-corrected chi connectivity index (χ0v) is 18.0. The first kappa shape index (κ1) is 20.7. The van der Waals surface area contributed by atoms with Crippen LogP contribution in [0.5, 0.6) is 0 Å². The molecule has 3 heterocycles. The summed E-state index contributed by atoms with van der Waals surface area (Å²) >= 11 is 5.93. The molecule has 0 saturated carbocycles. The van der Waals surface area contributed by atoms with E-state index in [1.165, 1.54) is 10.9 Å². The van der Waals surface area contributed by atoms with Gasteiger partial charge in [-0.2, -0.15) is 15.0 Å². The first-order chi connectivity index (χ1) is 16.0. The zero-order valence-electron chi connectivity index (χ0n) is 17.3. The molecule has 33 heavy (non-hydrogen) atoms. The second-order valence-electron chi connectivity index (χ2n) is 7.66. The summed E-state index contributed by atoms with van der Waals surface area (Å²) in [5, 5.41) is 18.1.